The van der Waals surface area contributed by atoms with E-state index in [0.717, 1.165) is 5.75 Å². The molecule has 0 aliphatic rings. The van der Waals surface area contributed by atoms with Gasteiger partial charge >= 0.3 is 0 Å². The van der Waals surface area contributed by atoms with Gasteiger partial charge in [0.05, 0.1) is 0 Å². The highest BCUT2D eigenvalue weighted by molar-refractivity contribution is 8.94. The Kier molecular flexibility index (Phi) is 15.2. The second kappa shape index (κ2) is 14.3. The fourth-order valence-electron chi connectivity index (χ4n) is 2.13. The van der Waals surface area contributed by atoms with Crippen LogP contribution in [0.3, 0.4) is 0 Å². The lowest BCUT2D eigenvalue weighted by Gasteiger charge is -2.06. The minimum absolute atomic E-state index is 0.967. The van der Waals surface area contributed by atoms with Crippen molar-refractivity contribution in [1.82, 2.24) is 0 Å². The van der Waals surface area contributed by atoms with E-state index in [4.69, 9.17) is 11.8 Å². The zero-order valence-electron chi connectivity index (χ0n) is 12.4. The molecule has 0 saturated heterocycles. The minimum Gasteiger partial charge on any atom is -0.350 e. The van der Waals surface area contributed by atoms with E-state index in [1.54, 1.807) is 0 Å². The highest BCUT2D eigenvalue weighted by Crippen LogP contribution is 2.59. The van der Waals surface area contributed by atoms with Gasteiger partial charge in [0, 0.05) is 5.75 Å². The largest absolute Gasteiger partial charge is 0.350 e. The third-order valence-electron chi connectivity index (χ3n) is 3.26. The van der Waals surface area contributed by atoms with Crippen molar-refractivity contribution >= 4 is 40.1 Å². The lowest BCUT2D eigenvalue weighted by atomic mass is 10.1. The van der Waals surface area contributed by atoms with Gasteiger partial charge in [-0.1, -0.05) is 88.9 Å². The smallest absolute Gasteiger partial charge is 0.169 e. The van der Waals surface area contributed by atoms with E-state index in [1.807, 2.05) is 0 Å². The lowest BCUT2D eigenvalue weighted by Crippen LogP contribution is -1.83. The Morgan fingerprint density at radius 3 is 1.58 bits per heavy atom. The molecule has 1 nitrogen and oxygen atoms in total. The summed E-state index contributed by atoms with van der Waals surface area (Å²) in [6.07, 6.45) is 16.4. The van der Waals surface area contributed by atoms with Gasteiger partial charge in [-0.15, -0.1) is 12.2 Å². The van der Waals surface area contributed by atoms with E-state index in [-0.39, 0.29) is 0 Å². The topological polar surface area (TPSA) is 20.2 Å². The van der Waals surface area contributed by atoms with Crippen molar-refractivity contribution in [1.29, 1.82) is 0 Å². The number of hydrogen-bond acceptors (Lipinski definition) is 2. The fraction of sp³-hybridized carbons (Fsp3) is 1.00. The molecule has 0 fully saturated rings. The molecule has 0 saturated carbocycles. The van der Waals surface area contributed by atoms with Gasteiger partial charge in [0.2, 0.25) is 0 Å². The van der Waals surface area contributed by atoms with Crippen molar-refractivity contribution in [3.05, 3.63) is 0 Å². The highest BCUT2D eigenvalue weighted by Gasteiger charge is 2.04. The molecule has 0 aromatic rings. The van der Waals surface area contributed by atoms with Crippen LogP contribution in [0, 0.1) is 0 Å². The maximum Gasteiger partial charge on any atom is 0.169 e. The van der Waals surface area contributed by atoms with E-state index >= 15 is 0 Å². The quantitative estimate of drug-likeness (QED) is 0.212. The highest BCUT2D eigenvalue weighted by atomic mass is 33.2. The second-order valence-corrected chi connectivity index (χ2v) is 14.9. The van der Waals surface area contributed by atoms with Crippen molar-refractivity contribution < 1.29 is 4.89 Å². The molecule has 0 aromatic carbocycles. The van der Waals surface area contributed by atoms with E-state index in [1.165, 1.54) is 88.4 Å². The summed E-state index contributed by atoms with van der Waals surface area (Å²) in [6, 6.07) is 0. The SMILES string of the molecule is CCCCCCCCCCCCCCSP(O)(=S)S. The zero-order chi connectivity index (χ0) is 14.4. The molecular weight excluding hydrogens is 311 g/mol. The summed E-state index contributed by atoms with van der Waals surface area (Å²) in [4.78, 5) is 9.35. The first-order valence-electron chi connectivity index (χ1n) is 7.76. The Hall–Kier alpha value is 1.31. The normalized spacial score (nSPS) is 14.5. The predicted octanol–water partition coefficient (Wildman–Crippen LogP) is 6.57. The molecule has 1 atom stereocenters. The maximum absolute atomic E-state index is 9.35. The van der Waals surface area contributed by atoms with Crippen LogP contribution in [0.1, 0.15) is 84.0 Å². The standard InChI is InChI=1S/C14H31OPS3/c1-2-3-4-5-6-7-8-9-10-11-12-13-14-19-16(15,17)18/h2-14H2,1H3,(H2,15,17,18). The van der Waals surface area contributed by atoms with Crippen LogP contribution in [0.5, 0.6) is 0 Å². The van der Waals surface area contributed by atoms with Crippen LogP contribution in [-0.2, 0) is 11.8 Å². The monoisotopic (exact) mass is 342 g/mol. The van der Waals surface area contributed by atoms with Crippen LogP contribution >= 0.6 is 28.3 Å². The van der Waals surface area contributed by atoms with E-state index in [9.17, 15) is 4.89 Å². The Labute approximate surface area is 134 Å². The van der Waals surface area contributed by atoms with E-state index in [0.29, 0.717) is 0 Å². The molecule has 0 bridgehead atoms. The molecule has 5 heteroatoms. The van der Waals surface area contributed by atoms with Crippen molar-refractivity contribution in [2.45, 2.75) is 84.0 Å². The van der Waals surface area contributed by atoms with Gasteiger partial charge in [-0.25, -0.2) is 0 Å². The molecule has 0 radical (unpaired) electrons. The second-order valence-electron chi connectivity index (χ2n) is 5.21. The number of rotatable bonds is 14. The average molecular weight is 343 g/mol. The van der Waals surface area contributed by atoms with Gasteiger partial charge in [-0.2, -0.15) is 0 Å². The first kappa shape index (κ1) is 20.3. The van der Waals surface area contributed by atoms with Gasteiger partial charge in [0.1, 0.15) is 0 Å². The van der Waals surface area contributed by atoms with Crippen molar-refractivity contribution in [3.63, 3.8) is 0 Å². The first-order valence-corrected chi connectivity index (χ1v) is 13.3. The van der Waals surface area contributed by atoms with Crippen LogP contribution in [0.4, 0.5) is 0 Å². The van der Waals surface area contributed by atoms with Gasteiger partial charge in [-0.3, -0.25) is 0 Å². The first-order chi connectivity index (χ1) is 9.06. The Balaban J connectivity index is 3.01. The minimum atomic E-state index is -2.30. The van der Waals surface area contributed by atoms with Gasteiger partial charge in [0.15, 0.2) is 4.67 Å². The number of unbranched alkanes of at least 4 members (excludes halogenated alkanes) is 11. The summed E-state index contributed by atoms with van der Waals surface area (Å²) >= 11 is 10.3. The summed E-state index contributed by atoms with van der Waals surface area (Å²) in [5, 5.41) is 0. The molecule has 0 aliphatic heterocycles. The molecule has 0 rings (SSSR count). The number of thiol groups is 1. The summed E-state index contributed by atoms with van der Waals surface area (Å²) in [5.41, 5.74) is 0. The molecule has 0 aliphatic carbocycles. The lowest BCUT2D eigenvalue weighted by molar-refractivity contribution is 0.548. The maximum atomic E-state index is 9.35. The summed E-state index contributed by atoms with van der Waals surface area (Å²) in [6.45, 7) is 2.27. The fourth-order valence-corrected chi connectivity index (χ4v) is 5.20. The summed E-state index contributed by atoms with van der Waals surface area (Å²) < 4.78 is -2.30. The van der Waals surface area contributed by atoms with E-state index in [2.05, 4.69) is 19.2 Å². The molecular formula is C14H31OPS3. The Morgan fingerprint density at radius 1 is 0.842 bits per heavy atom. The zero-order valence-corrected chi connectivity index (χ0v) is 15.8. The van der Waals surface area contributed by atoms with Crippen molar-refractivity contribution in [2.24, 2.45) is 0 Å². The van der Waals surface area contributed by atoms with Gasteiger partial charge in [-0.05, 0) is 18.2 Å². The molecule has 0 spiro atoms. The van der Waals surface area contributed by atoms with Crippen molar-refractivity contribution in [3.8, 4) is 0 Å². The Bertz CT molecular complexity index is 231. The third-order valence-corrected chi connectivity index (χ3v) is 7.61. The van der Waals surface area contributed by atoms with Crippen molar-refractivity contribution in [2.75, 3.05) is 5.75 Å². The van der Waals surface area contributed by atoms with E-state index < -0.39 is 4.67 Å². The molecule has 0 aromatic heterocycles. The van der Waals surface area contributed by atoms with Crippen LogP contribution in [-0.4, -0.2) is 10.6 Å². The predicted molar refractivity (Wildman–Crippen MR) is 99.0 cm³/mol. The number of hydrogen-bond donors (Lipinski definition) is 2. The Morgan fingerprint density at radius 2 is 1.21 bits per heavy atom. The molecule has 19 heavy (non-hydrogen) atoms. The van der Waals surface area contributed by atoms with Crippen LogP contribution in [0.15, 0.2) is 0 Å². The molecule has 0 heterocycles. The summed E-state index contributed by atoms with van der Waals surface area (Å²) in [5.74, 6) is 0.967. The molecule has 1 N–H and O–H groups in total. The third kappa shape index (κ3) is 19.3. The molecule has 1 unspecified atom stereocenters. The van der Waals surface area contributed by atoms with Gasteiger partial charge in [0.25, 0.3) is 0 Å². The van der Waals surface area contributed by atoms with Crippen LogP contribution < -0.4 is 0 Å². The van der Waals surface area contributed by atoms with Gasteiger partial charge < -0.3 is 4.89 Å². The molecule has 116 valence electrons. The van der Waals surface area contributed by atoms with Crippen LogP contribution in [0.2, 0.25) is 0 Å². The summed E-state index contributed by atoms with van der Waals surface area (Å²) in [7, 11) is 0. The molecule has 0 amide bonds. The van der Waals surface area contributed by atoms with Crippen LogP contribution in [0.25, 0.3) is 0 Å². The average Bonchev–Trinajstić information content (AvgIpc) is 2.34.